The van der Waals surface area contributed by atoms with Crippen molar-refractivity contribution in [1.82, 2.24) is 10.2 Å². The second-order valence-electron chi connectivity index (χ2n) is 6.22. The maximum absolute atomic E-state index is 13.1. The number of nitro benzene ring substituents is 1. The Morgan fingerprint density at radius 3 is 2.81 bits per heavy atom. The van der Waals surface area contributed by atoms with Crippen LogP contribution in [0.3, 0.4) is 0 Å². The van der Waals surface area contributed by atoms with E-state index in [2.05, 4.69) is 5.32 Å². The zero-order valence-electron chi connectivity index (χ0n) is 14.8. The second-order valence-corrected chi connectivity index (χ2v) is 6.22. The van der Waals surface area contributed by atoms with Crippen LogP contribution in [0.4, 0.5) is 5.69 Å². The van der Waals surface area contributed by atoms with Crippen molar-refractivity contribution in [2.75, 3.05) is 26.7 Å². The van der Waals surface area contributed by atoms with Crippen molar-refractivity contribution in [3.8, 4) is 5.75 Å². The van der Waals surface area contributed by atoms with Crippen molar-refractivity contribution in [2.45, 2.75) is 13.0 Å². The van der Waals surface area contributed by atoms with Gasteiger partial charge in [0.1, 0.15) is 5.75 Å². The van der Waals surface area contributed by atoms with Gasteiger partial charge in [0.15, 0.2) is 0 Å². The number of hydrogen-bond donors (Lipinski definition) is 1. The Morgan fingerprint density at radius 2 is 2.08 bits per heavy atom. The van der Waals surface area contributed by atoms with Crippen molar-refractivity contribution in [2.24, 2.45) is 0 Å². The van der Waals surface area contributed by atoms with Crippen LogP contribution >= 0.6 is 0 Å². The number of ether oxygens (including phenoxy) is 1. The highest BCUT2D eigenvalue weighted by atomic mass is 16.6. The highest BCUT2D eigenvalue weighted by Gasteiger charge is 2.31. The number of carbonyl (C=O) groups excluding carboxylic acids is 1. The van der Waals surface area contributed by atoms with Crippen LogP contribution in [0.2, 0.25) is 0 Å². The van der Waals surface area contributed by atoms with Gasteiger partial charge in [-0.15, -0.1) is 0 Å². The van der Waals surface area contributed by atoms with E-state index in [0.717, 1.165) is 5.56 Å². The van der Waals surface area contributed by atoms with Gasteiger partial charge in [-0.2, -0.15) is 0 Å². The minimum Gasteiger partial charge on any atom is -0.496 e. The number of benzene rings is 2. The molecule has 2 aromatic carbocycles. The summed E-state index contributed by atoms with van der Waals surface area (Å²) in [5.41, 5.74) is 1.73. The van der Waals surface area contributed by atoms with E-state index in [1.54, 1.807) is 31.1 Å². The van der Waals surface area contributed by atoms with Crippen LogP contribution in [0.1, 0.15) is 27.5 Å². The topological polar surface area (TPSA) is 84.7 Å². The number of nitro groups is 1. The molecule has 0 spiro atoms. The Bertz CT molecular complexity index is 837. The second kappa shape index (κ2) is 7.53. The largest absolute Gasteiger partial charge is 0.496 e. The van der Waals surface area contributed by atoms with Crippen molar-refractivity contribution in [3.05, 3.63) is 69.3 Å². The summed E-state index contributed by atoms with van der Waals surface area (Å²) in [4.78, 5) is 25.6. The number of methoxy groups -OCH3 is 1. The van der Waals surface area contributed by atoms with E-state index in [4.69, 9.17) is 4.74 Å². The van der Waals surface area contributed by atoms with Gasteiger partial charge in [0.2, 0.25) is 0 Å². The molecule has 0 radical (unpaired) electrons. The standard InChI is InChI=1S/C19H21N3O4/c1-13-7-8-14(11-16(13)22(24)25)19(23)21-10-9-20-12-17(21)15-5-3-4-6-18(15)26-2/h3-8,11,17,20H,9-10,12H2,1-2H3. The summed E-state index contributed by atoms with van der Waals surface area (Å²) in [5, 5.41) is 14.5. The molecule has 1 N–H and O–H groups in total. The van der Waals surface area contributed by atoms with E-state index in [-0.39, 0.29) is 17.6 Å². The smallest absolute Gasteiger partial charge is 0.273 e. The Hall–Kier alpha value is -2.93. The molecule has 0 aromatic heterocycles. The number of para-hydroxylation sites is 1. The summed E-state index contributed by atoms with van der Waals surface area (Å²) in [6, 6.07) is 12.0. The van der Waals surface area contributed by atoms with Crippen molar-refractivity contribution >= 4 is 11.6 Å². The quantitative estimate of drug-likeness (QED) is 0.673. The minimum absolute atomic E-state index is 0.0418. The fourth-order valence-corrected chi connectivity index (χ4v) is 3.27. The molecule has 1 amide bonds. The molecule has 0 aliphatic carbocycles. The molecule has 3 rings (SSSR count). The third kappa shape index (κ3) is 3.39. The van der Waals surface area contributed by atoms with Crippen LogP contribution in [-0.2, 0) is 0 Å². The molecule has 1 saturated heterocycles. The fourth-order valence-electron chi connectivity index (χ4n) is 3.27. The summed E-state index contributed by atoms with van der Waals surface area (Å²) < 4.78 is 5.44. The maximum Gasteiger partial charge on any atom is 0.273 e. The lowest BCUT2D eigenvalue weighted by atomic mass is 10.0. The minimum atomic E-state index is -0.457. The molecule has 1 unspecified atom stereocenters. The molecule has 1 aliphatic rings. The van der Waals surface area contributed by atoms with Crippen LogP contribution in [0.5, 0.6) is 5.75 Å². The highest BCUT2D eigenvalue weighted by molar-refractivity contribution is 5.95. The molecule has 136 valence electrons. The van der Waals surface area contributed by atoms with Crippen LogP contribution in [0, 0.1) is 17.0 Å². The van der Waals surface area contributed by atoms with E-state index >= 15 is 0 Å². The monoisotopic (exact) mass is 355 g/mol. The number of nitrogens with zero attached hydrogens (tertiary/aromatic N) is 2. The Balaban J connectivity index is 1.96. The first-order chi connectivity index (χ1) is 12.5. The maximum atomic E-state index is 13.1. The molecule has 1 aliphatic heterocycles. The van der Waals surface area contributed by atoms with Crippen LogP contribution in [0.25, 0.3) is 0 Å². The van der Waals surface area contributed by atoms with E-state index in [1.165, 1.54) is 6.07 Å². The Kier molecular flexibility index (Phi) is 5.18. The highest BCUT2D eigenvalue weighted by Crippen LogP contribution is 2.31. The lowest BCUT2D eigenvalue weighted by Crippen LogP contribution is -2.48. The number of rotatable bonds is 4. The molecule has 1 fully saturated rings. The molecule has 2 aromatic rings. The van der Waals surface area contributed by atoms with Crippen LogP contribution in [0.15, 0.2) is 42.5 Å². The van der Waals surface area contributed by atoms with Gasteiger partial charge in [0.05, 0.1) is 18.1 Å². The van der Waals surface area contributed by atoms with Gasteiger partial charge in [-0.25, -0.2) is 0 Å². The number of aryl methyl sites for hydroxylation is 1. The zero-order chi connectivity index (χ0) is 18.7. The van der Waals surface area contributed by atoms with E-state index in [1.807, 2.05) is 24.3 Å². The predicted octanol–water partition coefficient (Wildman–Crippen LogP) is 2.70. The predicted molar refractivity (Wildman–Crippen MR) is 97.5 cm³/mol. The SMILES string of the molecule is COc1ccccc1C1CNCCN1C(=O)c1ccc(C)c([N+](=O)[O-])c1. The molecule has 0 bridgehead atoms. The molecular weight excluding hydrogens is 334 g/mol. The van der Waals surface area contributed by atoms with Gasteiger partial charge in [-0.3, -0.25) is 14.9 Å². The summed E-state index contributed by atoms with van der Waals surface area (Å²) in [6.45, 7) is 3.45. The molecule has 1 atom stereocenters. The first-order valence-corrected chi connectivity index (χ1v) is 8.42. The van der Waals surface area contributed by atoms with Gasteiger partial charge in [0, 0.05) is 42.4 Å². The van der Waals surface area contributed by atoms with Gasteiger partial charge >= 0.3 is 0 Å². The first kappa shape index (κ1) is 17.9. The Morgan fingerprint density at radius 1 is 1.31 bits per heavy atom. The van der Waals surface area contributed by atoms with Crippen molar-refractivity contribution in [1.29, 1.82) is 0 Å². The normalized spacial score (nSPS) is 17.0. The van der Waals surface area contributed by atoms with Gasteiger partial charge in [0.25, 0.3) is 11.6 Å². The number of nitrogens with one attached hydrogen (secondary N) is 1. The van der Waals surface area contributed by atoms with E-state index in [9.17, 15) is 14.9 Å². The lowest BCUT2D eigenvalue weighted by molar-refractivity contribution is -0.385. The molecular formula is C19H21N3O4. The summed E-state index contributed by atoms with van der Waals surface area (Å²) in [7, 11) is 1.60. The third-order valence-corrected chi connectivity index (χ3v) is 4.65. The third-order valence-electron chi connectivity index (χ3n) is 4.65. The van der Waals surface area contributed by atoms with Crippen molar-refractivity contribution in [3.63, 3.8) is 0 Å². The average Bonchev–Trinajstić information content (AvgIpc) is 2.67. The number of carbonyl (C=O) groups is 1. The molecule has 0 saturated carbocycles. The van der Waals surface area contributed by atoms with Crippen molar-refractivity contribution < 1.29 is 14.5 Å². The summed E-state index contributed by atoms with van der Waals surface area (Å²) in [5.74, 6) is 0.499. The summed E-state index contributed by atoms with van der Waals surface area (Å²) in [6.07, 6.45) is 0. The Labute approximate surface area is 151 Å². The van der Waals surface area contributed by atoms with E-state index in [0.29, 0.717) is 36.5 Å². The molecule has 1 heterocycles. The number of amides is 1. The number of hydrogen-bond acceptors (Lipinski definition) is 5. The van der Waals surface area contributed by atoms with Gasteiger partial charge in [-0.05, 0) is 19.1 Å². The fraction of sp³-hybridized carbons (Fsp3) is 0.316. The molecule has 7 nitrogen and oxygen atoms in total. The lowest BCUT2D eigenvalue weighted by Gasteiger charge is -2.37. The number of piperazine rings is 1. The van der Waals surface area contributed by atoms with Gasteiger partial charge < -0.3 is 15.0 Å². The molecule has 7 heteroatoms. The van der Waals surface area contributed by atoms with Crippen LogP contribution < -0.4 is 10.1 Å². The summed E-state index contributed by atoms with van der Waals surface area (Å²) >= 11 is 0. The molecule has 26 heavy (non-hydrogen) atoms. The average molecular weight is 355 g/mol. The van der Waals surface area contributed by atoms with E-state index < -0.39 is 4.92 Å². The first-order valence-electron chi connectivity index (χ1n) is 8.42. The zero-order valence-corrected chi connectivity index (χ0v) is 14.8. The van der Waals surface area contributed by atoms with Crippen LogP contribution in [-0.4, -0.2) is 42.5 Å². The van der Waals surface area contributed by atoms with Gasteiger partial charge in [-0.1, -0.05) is 24.3 Å².